The van der Waals surface area contributed by atoms with Gasteiger partial charge in [0.1, 0.15) is 5.82 Å². The van der Waals surface area contributed by atoms with E-state index in [1.54, 1.807) is 19.4 Å². The van der Waals surface area contributed by atoms with Crippen molar-refractivity contribution in [3.63, 3.8) is 0 Å². The second kappa shape index (κ2) is 10.7. The summed E-state index contributed by atoms with van der Waals surface area (Å²) in [7, 11) is 1.64. The maximum Gasteiger partial charge on any atom is 0.252 e. The van der Waals surface area contributed by atoms with Crippen molar-refractivity contribution >= 4 is 17.6 Å². The predicted octanol–water partition coefficient (Wildman–Crippen LogP) is 2.05. The monoisotopic (exact) mass is 410 g/mol. The number of benzene rings is 1. The Bertz CT molecular complexity index is 829. The summed E-state index contributed by atoms with van der Waals surface area (Å²) in [6.45, 7) is 6.05. The van der Waals surface area contributed by atoms with Crippen LogP contribution in [0.4, 0.5) is 5.82 Å². The fourth-order valence-electron chi connectivity index (χ4n) is 3.41. The first-order valence-electron chi connectivity index (χ1n) is 10.4. The second-order valence-corrected chi connectivity index (χ2v) is 7.54. The van der Waals surface area contributed by atoms with Gasteiger partial charge in [-0.25, -0.2) is 4.98 Å². The molecule has 2 aromatic rings. The van der Waals surface area contributed by atoms with Gasteiger partial charge in [0, 0.05) is 52.6 Å². The molecule has 2 amide bonds. The summed E-state index contributed by atoms with van der Waals surface area (Å²) in [4.78, 5) is 33.2. The normalized spacial score (nSPS) is 13.9. The van der Waals surface area contributed by atoms with Gasteiger partial charge in [-0.3, -0.25) is 9.59 Å². The fourth-order valence-corrected chi connectivity index (χ4v) is 3.41. The van der Waals surface area contributed by atoms with E-state index < -0.39 is 0 Å². The molecule has 30 heavy (non-hydrogen) atoms. The van der Waals surface area contributed by atoms with Crippen molar-refractivity contribution in [3.8, 4) is 0 Å². The van der Waals surface area contributed by atoms with Crippen LogP contribution in [-0.4, -0.2) is 68.1 Å². The largest absolute Gasteiger partial charge is 0.385 e. The Morgan fingerprint density at radius 3 is 2.43 bits per heavy atom. The molecule has 0 bridgehead atoms. The molecule has 1 N–H and O–H groups in total. The highest BCUT2D eigenvalue weighted by molar-refractivity contribution is 5.94. The maximum absolute atomic E-state index is 12.6. The van der Waals surface area contributed by atoms with Gasteiger partial charge in [-0.1, -0.05) is 29.8 Å². The van der Waals surface area contributed by atoms with Crippen LogP contribution in [0.2, 0.25) is 0 Å². The van der Waals surface area contributed by atoms with E-state index in [-0.39, 0.29) is 11.8 Å². The van der Waals surface area contributed by atoms with Crippen molar-refractivity contribution < 1.29 is 14.3 Å². The third-order valence-corrected chi connectivity index (χ3v) is 5.25. The molecule has 160 valence electrons. The fraction of sp³-hybridized carbons (Fsp3) is 0.435. The smallest absolute Gasteiger partial charge is 0.252 e. The summed E-state index contributed by atoms with van der Waals surface area (Å²) in [5, 5.41) is 2.86. The number of amides is 2. The summed E-state index contributed by atoms with van der Waals surface area (Å²) in [5.74, 6) is 0.861. The highest BCUT2D eigenvalue weighted by atomic mass is 16.5. The number of anilines is 1. The van der Waals surface area contributed by atoms with E-state index in [1.807, 2.05) is 42.2 Å². The number of aryl methyl sites for hydroxylation is 1. The van der Waals surface area contributed by atoms with Crippen LogP contribution in [0.25, 0.3) is 0 Å². The lowest BCUT2D eigenvalue weighted by Gasteiger charge is -2.35. The Hall–Kier alpha value is -2.93. The van der Waals surface area contributed by atoms with Crippen LogP contribution >= 0.6 is 0 Å². The van der Waals surface area contributed by atoms with E-state index in [9.17, 15) is 9.59 Å². The van der Waals surface area contributed by atoms with Gasteiger partial charge in [0.25, 0.3) is 5.91 Å². The Labute approximate surface area is 178 Å². The molecule has 0 aliphatic carbocycles. The number of carbonyl (C=O) groups excluding carboxylic acids is 2. The number of pyridine rings is 1. The molecule has 7 nitrogen and oxygen atoms in total. The lowest BCUT2D eigenvalue weighted by atomic mass is 10.1. The Morgan fingerprint density at radius 1 is 1.07 bits per heavy atom. The van der Waals surface area contributed by atoms with Crippen LogP contribution in [0, 0.1) is 6.92 Å². The number of nitrogens with zero attached hydrogens (tertiary/aromatic N) is 3. The van der Waals surface area contributed by atoms with E-state index in [1.165, 1.54) is 5.56 Å². The van der Waals surface area contributed by atoms with Gasteiger partial charge in [0.05, 0.1) is 12.0 Å². The Balaban J connectivity index is 1.46. The van der Waals surface area contributed by atoms with E-state index in [4.69, 9.17) is 4.74 Å². The van der Waals surface area contributed by atoms with Crippen molar-refractivity contribution in [3.05, 3.63) is 59.3 Å². The van der Waals surface area contributed by atoms with E-state index in [0.717, 1.165) is 30.9 Å². The zero-order valence-corrected chi connectivity index (χ0v) is 17.8. The highest BCUT2D eigenvalue weighted by Gasteiger charge is 2.22. The number of rotatable bonds is 8. The van der Waals surface area contributed by atoms with Crippen molar-refractivity contribution in [2.24, 2.45) is 0 Å². The predicted molar refractivity (Wildman–Crippen MR) is 117 cm³/mol. The molecule has 1 aromatic heterocycles. The number of piperazine rings is 1. The van der Waals surface area contributed by atoms with Crippen molar-refractivity contribution in [2.45, 2.75) is 19.8 Å². The first-order valence-corrected chi connectivity index (χ1v) is 10.4. The molecule has 1 aliphatic rings. The standard InChI is InChI=1S/C23H30N4O3/c1-18-4-6-19(7-5-18)16-22(28)27-13-11-26(12-14-27)21-9-8-20(17-25-21)23(29)24-10-3-15-30-2/h4-9,17H,3,10-16H2,1-2H3,(H,24,29). The van der Waals surface area contributed by atoms with Gasteiger partial charge in [0.2, 0.25) is 5.91 Å². The zero-order valence-electron chi connectivity index (χ0n) is 17.8. The van der Waals surface area contributed by atoms with Gasteiger partial charge < -0.3 is 19.9 Å². The number of methoxy groups -OCH3 is 1. The van der Waals surface area contributed by atoms with Gasteiger partial charge in [-0.05, 0) is 31.0 Å². The molecule has 0 radical (unpaired) electrons. The molecule has 0 unspecified atom stereocenters. The maximum atomic E-state index is 12.6. The molecule has 7 heteroatoms. The van der Waals surface area contributed by atoms with E-state index in [0.29, 0.717) is 38.2 Å². The second-order valence-electron chi connectivity index (χ2n) is 7.54. The topological polar surface area (TPSA) is 74.8 Å². The lowest BCUT2D eigenvalue weighted by molar-refractivity contribution is -0.130. The minimum Gasteiger partial charge on any atom is -0.385 e. The molecular formula is C23H30N4O3. The lowest BCUT2D eigenvalue weighted by Crippen LogP contribution is -2.49. The molecule has 1 aromatic carbocycles. The number of ether oxygens (including phenoxy) is 1. The molecule has 0 spiro atoms. The minimum atomic E-state index is -0.128. The van der Waals surface area contributed by atoms with Gasteiger partial charge >= 0.3 is 0 Å². The molecule has 3 rings (SSSR count). The van der Waals surface area contributed by atoms with Crippen molar-refractivity contribution in [1.29, 1.82) is 0 Å². The SMILES string of the molecule is COCCCNC(=O)c1ccc(N2CCN(C(=O)Cc3ccc(C)cc3)CC2)nc1. The first-order chi connectivity index (χ1) is 14.6. The number of carbonyl (C=O) groups is 2. The van der Waals surface area contributed by atoms with E-state index >= 15 is 0 Å². The average molecular weight is 411 g/mol. The summed E-state index contributed by atoms with van der Waals surface area (Å²) in [6.07, 6.45) is 2.82. The van der Waals surface area contributed by atoms with Crippen LogP contribution in [0.3, 0.4) is 0 Å². The molecule has 1 fully saturated rings. The quantitative estimate of drug-likeness (QED) is 0.674. The van der Waals surface area contributed by atoms with Crippen molar-refractivity contribution in [2.75, 3.05) is 51.3 Å². The molecule has 0 saturated carbocycles. The van der Waals surface area contributed by atoms with Gasteiger partial charge in [-0.2, -0.15) is 0 Å². The highest BCUT2D eigenvalue weighted by Crippen LogP contribution is 2.15. The van der Waals surface area contributed by atoms with Crippen molar-refractivity contribution in [1.82, 2.24) is 15.2 Å². The van der Waals surface area contributed by atoms with Crippen LogP contribution in [-0.2, 0) is 16.0 Å². The molecule has 0 atom stereocenters. The summed E-state index contributed by atoms with van der Waals surface area (Å²) in [6, 6.07) is 11.8. The number of aromatic nitrogens is 1. The molecular weight excluding hydrogens is 380 g/mol. The zero-order chi connectivity index (χ0) is 21.3. The number of hydrogen-bond donors (Lipinski definition) is 1. The van der Waals surface area contributed by atoms with Crippen LogP contribution in [0.1, 0.15) is 27.9 Å². The number of nitrogens with one attached hydrogen (secondary N) is 1. The van der Waals surface area contributed by atoms with Crippen LogP contribution in [0.5, 0.6) is 0 Å². The Morgan fingerprint density at radius 2 is 1.80 bits per heavy atom. The molecule has 1 saturated heterocycles. The van der Waals surface area contributed by atoms with E-state index in [2.05, 4.69) is 15.2 Å². The third-order valence-electron chi connectivity index (χ3n) is 5.25. The molecule has 1 aliphatic heterocycles. The van der Waals surface area contributed by atoms with Crippen LogP contribution < -0.4 is 10.2 Å². The van der Waals surface area contributed by atoms with Crippen LogP contribution in [0.15, 0.2) is 42.6 Å². The summed E-state index contributed by atoms with van der Waals surface area (Å²) >= 11 is 0. The number of hydrogen-bond acceptors (Lipinski definition) is 5. The minimum absolute atomic E-state index is 0.128. The third kappa shape index (κ3) is 6.03. The summed E-state index contributed by atoms with van der Waals surface area (Å²) < 4.78 is 4.97. The average Bonchev–Trinajstić information content (AvgIpc) is 2.78. The molecule has 2 heterocycles. The summed E-state index contributed by atoms with van der Waals surface area (Å²) in [5.41, 5.74) is 2.79. The first kappa shape index (κ1) is 21.8. The van der Waals surface area contributed by atoms with Gasteiger partial charge in [-0.15, -0.1) is 0 Å². The Kier molecular flexibility index (Phi) is 7.79. The van der Waals surface area contributed by atoms with Gasteiger partial charge in [0.15, 0.2) is 0 Å².